The van der Waals surface area contributed by atoms with Crippen LogP contribution in [-0.4, -0.2) is 32.8 Å². The molecule has 0 aliphatic carbocycles. The lowest BCUT2D eigenvalue weighted by atomic mass is 10.2. The number of benzene rings is 1. The number of nitrogens with one attached hydrogen (secondary N) is 1. The molecular weight excluding hydrogens is 270 g/mol. The molecule has 1 rings (SSSR count). The highest BCUT2D eigenvalue weighted by atomic mass is 19.2. The van der Waals surface area contributed by atoms with E-state index in [1.54, 1.807) is 5.32 Å². The Morgan fingerprint density at radius 1 is 1.16 bits per heavy atom. The predicted molar refractivity (Wildman–Crippen MR) is 57.6 cm³/mol. The van der Waals surface area contributed by atoms with E-state index in [-0.39, 0.29) is 19.3 Å². The van der Waals surface area contributed by atoms with Gasteiger partial charge in [0.2, 0.25) is 0 Å². The van der Waals surface area contributed by atoms with E-state index in [9.17, 15) is 22.4 Å². The third-order valence-electron chi connectivity index (χ3n) is 2.04. The van der Waals surface area contributed by atoms with Crippen LogP contribution < -0.4 is 5.32 Å². The van der Waals surface area contributed by atoms with E-state index in [1.165, 1.54) is 7.11 Å². The van der Waals surface area contributed by atoms with Crippen molar-refractivity contribution in [1.29, 1.82) is 0 Å². The van der Waals surface area contributed by atoms with Crippen molar-refractivity contribution in [3.05, 3.63) is 29.3 Å². The van der Waals surface area contributed by atoms with Gasteiger partial charge in [-0.15, -0.1) is 0 Å². The van der Waals surface area contributed by atoms with E-state index in [0.29, 0.717) is 0 Å². The van der Waals surface area contributed by atoms with Gasteiger partial charge >= 0.3 is 0 Å². The molecule has 106 valence electrons. The lowest BCUT2D eigenvalue weighted by molar-refractivity contribution is -0.121. The summed E-state index contributed by atoms with van der Waals surface area (Å²) >= 11 is 0. The molecule has 0 aliphatic heterocycles. The van der Waals surface area contributed by atoms with Gasteiger partial charge in [-0.1, -0.05) is 0 Å². The quantitative estimate of drug-likeness (QED) is 0.492. The first-order valence-electron chi connectivity index (χ1n) is 5.17. The van der Waals surface area contributed by atoms with Crippen LogP contribution in [0.4, 0.5) is 23.2 Å². The molecule has 0 unspecified atom stereocenters. The second-order valence-electron chi connectivity index (χ2n) is 3.44. The summed E-state index contributed by atoms with van der Waals surface area (Å²) in [5.41, 5.74) is -1.18. The van der Waals surface area contributed by atoms with Gasteiger partial charge in [0, 0.05) is 13.2 Å². The Kier molecular flexibility index (Phi) is 5.71. The zero-order valence-corrected chi connectivity index (χ0v) is 9.94. The van der Waals surface area contributed by atoms with E-state index in [2.05, 4.69) is 4.74 Å². The smallest absolute Gasteiger partial charge is 0.250 e. The molecule has 0 spiro atoms. The van der Waals surface area contributed by atoms with Gasteiger partial charge in [-0.05, 0) is 0 Å². The van der Waals surface area contributed by atoms with Gasteiger partial charge in [-0.3, -0.25) is 4.79 Å². The van der Waals surface area contributed by atoms with Crippen molar-refractivity contribution >= 4 is 11.6 Å². The van der Waals surface area contributed by atoms with Crippen molar-refractivity contribution in [3.8, 4) is 0 Å². The normalized spacial score (nSPS) is 10.6. The summed E-state index contributed by atoms with van der Waals surface area (Å²) in [6, 6.07) is 0.0510. The van der Waals surface area contributed by atoms with E-state index in [0.717, 1.165) is 0 Å². The van der Waals surface area contributed by atoms with Crippen LogP contribution >= 0.6 is 0 Å². The molecule has 0 fully saturated rings. The Hall–Kier alpha value is -1.67. The topological polar surface area (TPSA) is 47.6 Å². The molecule has 1 aromatic rings. The molecule has 0 radical (unpaired) electrons. The fourth-order valence-corrected chi connectivity index (χ4v) is 1.17. The van der Waals surface area contributed by atoms with E-state index in [4.69, 9.17) is 4.74 Å². The third kappa shape index (κ3) is 4.18. The third-order valence-corrected chi connectivity index (χ3v) is 2.04. The molecule has 0 heterocycles. The standard InChI is InChI=1S/C11H11F4NO3/c1-18-2-3-19-5-8(17)16-11-9(14)6(12)4-7(13)10(11)15/h4H,2-3,5H2,1H3,(H,16,17). The van der Waals surface area contributed by atoms with Gasteiger partial charge in [-0.2, -0.15) is 0 Å². The Labute approximate surface area is 106 Å². The number of rotatable bonds is 6. The first-order chi connectivity index (χ1) is 8.97. The van der Waals surface area contributed by atoms with Crippen LogP contribution in [0.5, 0.6) is 0 Å². The van der Waals surface area contributed by atoms with Crippen molar-refractivity contribution in [1.82, 2.24) is 0 Å². The highest BCUT2D eigenvalue weighted by Crippen LogP contribution is 2.23. The van der Waals surface area contributed by atoms with Crippen molar-refractivity contribution in [2.24, 2.45) is 0 Å². The maximum atomic E-state index is 13.2. The fraction of sp³-hybridized carbons (Fsp3) is 0.364. The molecule has 4 nitrogen and oxygen atoms in total. The van der Waals surface area contributed by atoms with Crippen LogP contribution in [0, 0.1) is 23.3 Å². The predicted octanol–water partition coefficient (Wildman–Crippen LogP) is 1.84. The largest absolute Gasteiger partial charge is 0.382 e. The first-order valence-corrected chi connectivity index (χ1v) is 5.17. The molecule has 0 saturated heterocycles. The molecule has 0 bridgehead atoms. The maximum absolute atomic E-state index is 13.2. The molecule has 1 amide bonds. The van der Waals surface area contributed by atoms with Crippen molar-refractivity contribution < 1.29 is 31.8 Å². The molecule has 8 heteroatoms. The second-order valence-corrected chi connectivity index (χ2v) is 3.44. The Balaban J connectivity index is 2.69. The average molecular weight is 281 g/mol. The zero-order chi connectivity index (χ0) is 14.4. The summed E-state index contributed by atoms with van der Waals surface area (Å²) in [4.78, 5) is 11.2. The second kappa shape index (κ2) is 7.05. The molecule has 0 atom stereocenters. The van der Waals surface area contributed by atoms with E-state index >= 15 is 0 Å². The van der Waals surface area contributed by atoms with Crippen LogP contribution in [0.25, 0.3) is 0 Å². The molecular formula is C11H11F4NO3. The summed E-state index contributed by atoms with van der Waals surface area (Å²) in [7, 11) is 1.42. The lowest BCUT2D eigenvalue weighted by Crippen LogP contribution is -2.21. The van der Waals surface area contributed by atoms with Crippen LogP contribution in [0.2, 0.25) is 0 Å². The number of ether oxygens (including phenoxy) is 2. The van der Waals surface area contributed by atoms with Crippen molar-refractivity contribution in [2.45, 2.75) is 0 Å². The molecule has 19 heavy (non-hydrogen) atoms. The van der Waals surface area contributed by atoms with Crippen LogP contribution in [0.15, 0.2) is 6.07 Å². The van der Waals surface area contributed by atoms with Gasteiger partial charge in [0.25, 0.3) is 5.91 Å². The fourth-order valence-electron chi connectivity index (χ4n) is 1.17. The van der Waals surface area contributed by atoms with Crippen molar-refractivity contribution in [3.63, 3.8) is 0 Å². The van der Waals surface area contributed by atoms with Gasteiger partial charge in [0.05, 0.1) is 13.2 Å². The van der Waals surface area contributed by atoms with Gasteiger partial charge < -0.3 is 14.8 Å². The number of hydrogen-bond acceptors (Lipinski definition) is 3. The number of carbonyl (C=O) groups is 1. The average Bonchev–Trinajstić information content (AvgIpc) is 2.37. The van der Waals surface area contributed by atoms with E-state index < -0.39 is 41.5 Å². The van der Waals surface area contributed by atoms with Gasteiger partial charge in [-0.25, -0.2) is 17.6 Å². The molecule has 0 aromatic heterocycles. The SMILES string of the molecule is COCCOCC(=O)Nc1c(F)c(F)cc(F)c1F. The zero-order valence-electron chi connectivity index (χ0n) is 9.94. The van der Waals surface area contributed by atoms with Crippen LogP contribution in [-0.2, 0) is 14.3 Å². The molecule has 1 N–H and O–H groups in total. The van der Waals surface area contributed by atoms with Gasteiger partial charge in [0.15, 0.2) is 23.3 Å². The number of halogens is 4. The minimum atomic E-state index is -1.68. The Bertz CT molecular complexity index is 441. The molecule has 1 aromatic carbocycles. The number of methoxy groups -OCH3 is 1. The first kappa shape index (κ1) is 15.4. The minimum absolute atomic E-state index is 0.0510. The number of hydrogen-bond donors (Lipinski definition) is 1. The van der Waals surface area contributed by atoms with Gasteiger partial charge in [0.1, 0.15) is 12.3 Å². The Morgan fingerprint density at radius 2 is 1.74 bits per heavy atom. The van der Waals surface area contributed by atoms with Crippen LogP contribution in [0.3, 0.4) is 0 Å². The lowest BCUT2D eigenvalue weighted by Gasteiger charge is -2.09. The number of anilines is 1. The number of carbonyl (C=O) groups excluding carboxylic acids is 1. The minimum Gasteiger partial charge on any atom is -0.382 e. The summed E-state index contributed by atoms with van der Waals surface area (Å²) in [6.07, 6.45) is 0. The summed E-state index contributed by atoms with van der Waals surface area (Å²) in [5.74, 6) is -7.50. The molecule has 0 saturated carbocycles. The maximum Gasteiger partial charge on any atom is 0.250 e. The highest BCUT2D eigenvalue weighted by molar-refractivity contribution is 5.91. The Morgan fingerprint density at radius 3 is 2.26 bits per heavy atom. The van der Waals surface area contributed by atoms with E-state index in [1.807, 2.05) is 0 Å². The van der Waals surface area contributed by atoms with Crippen molar-refractivity contribution in [2.75, 3.05) is 32.2 Å². The molecule has 0 aliphatic rings. The monoisotopic (exact) mass is 281 g/mol. The highest BCUT2D eigenvalue weighted by Gasteiger charge is 2.20. The summed E-state index contributed by atoms with van der Waals surface area (Å²) in [6.45, 7) is -0.211. The summed E-state index contributed by atoms with van der Waals surface area (Å²) in [5, 5.41) is 1.70. The number of amides is 1. The van der Waals surface area contributed by atoms with Crippen LogP contribution in [0.1, 0.15) is 0 Å². The summed E-state index contributed by atoms with van der Waals surface area (Å²) < 4.78 is 61.5.